The molecule has 10 heteroatoms. The van der Waals surface area contributed by atoms with Crippen LogP contribution in [0.25, 0.3) is 6.08 Å². The van der Waals surface area contributed by atoms with E-state index in [0.717, 1.165) is 4.90 Å². The van der Waals surface area contributed by atoms with Crippen LogP contribution in [0.2, 0.25) is 10.0 Å². The first kappa shape index (κ1) is 24.3. The molecular weight excluding hydrogens is 539 g/mol. The molecule has 1 heterocycles. The summed E-state index contributed by atoms with van der Waals surface area (Å²) in [5.41, 5.74) is 0.669. The van der Waals surface area contributed by atoms with Gasteiger partial charge in [-0.25, -0.2) is 0 Å². The highest BCUT2D eigenvalue weighted by Crippen LogP contribution is 2.38. The van der Waals surface area contributed by atoms with Crippen LogP contribution >= 0.6 is 51.3 Å². The second-order valence-electron chi connectivity index (χ2n) is 6.39. The van der Waals surface area contributed by atoms with Crippen molar-refractivity contribution >= 4 is 80.0 Å². The molecule has 2 amide bonds. The summed E-state index contributed by atoms with van der Waals surface area (Å²) in [5, 5.41) is 2.82. The van der Waals surface area contributed by atoms with Gasteiger partial charge >= 0.3 is 0 Å². The van der Waals surface area contributed by atoms with Gasteiger partial charge in [-0.2, -0.15) is 0 Å². The Labute approximate surface area is 208 Å². The minimum absolute atomic E-state index is 0.0920. The van der Waals surface area contributed by atoms with Gasteiger partial charge in [0.15, 0.2) is 16.6 Å². The van der Waals surface area contributed by atoms with Crippen molar-refractivity contribution in [3.05, 3.63) is 68.6 Å². The maximum Gasteiger partial charge on any atom is 0.270 e. The average Bonchev–Trinajstić information content (AvgIpc) is 2.73. The quantitative estimate of drug-likeness (QED) is 0.210. The molecule has 1 saturated heterocycles. The molecule has 3 rings (SSSR count). The fraction of sp³-hybridized carbons (Fsp3) is 0.136. The molecule has 2 aromatic carbocycles. The fourth-order valence-corrected chi connectivity index (χ4v) is 4.15. The molecule has 2 aromatic rings. The highest BCUT2D eigenvalue weighted by Gasteiger charge is 2.35. The Morgan fingerprint density at radius 1 is 1.25 bits per heavy atom. The predicted molar refractivity (Wildman–Crippen MR) is 134 cm³/mol. The minimum atomic E-state index is -0.635. The van der Waals surface area contributed by atoms with Crippen LogP contribution in [0.5, 0.6) is 11.5 Å². The fourth-order valence-electron chi connectivity index (χ4n) is 2.92. The first-order valence-corrected chi connectivity index (χ1v) is 11.3. The van der Waals surface area contributed by atoms with E-state index in [2.05, 4.69) is 27.8 Å². The summed E-state index contributed by atoms with van der Waals surface area (Å²) in [5.74, 6) is -0.328. The number of rotatable bonds is 7. The zero-order chi connectivity index (χ0) is 23.4. The summed E-state index contributed by atoms with van der Waals surface area (Å²) in [6, 6.07) is 8.18. The number of carbonyl (C=O) groups excluding carboxylic acids is 2. The van der Waals surface area contributed by atoms with E-state index >= 15 is 0 Å². The molecule has 1 N–H and O–H groups in total. The molecular formula is C22H17BrCl2N2O4S. The van der Waals surface area contributed by atoms with Crippen LogP contribution in [0.3, 0.4) is 0 Å². The molecule has 0 aliphatic carbocycles. The molecule has 1 fully saturated rings. The maximum atomic E-state index is 13.2. The van der Waals surface area contributed by atoms with E-state index in [1.165, 1.54) is 6.08 Å². The van der Waals surface area contributed by atoms with E-state index in [1.807, 2.05) is 6.92 Å². The van der Waals surface area contributed by atoms with Crippen LogP contribution in [-0.4, -0.2) is 30.1 Å². The summed E-state index contributed by atoms with van der Waals surface area (Å²) in [7, 11) is 0. The van der Waals surface area contributed by atoms with Crippen LogP contribution in [0.1, 0.15) is 12.5 Å². The van der Waals surface area contributed by atoms with Crippen LogP contribution in [0.15, 0.2) is 53.0 Å². The van der Waals surface area contributed by atoms with Crippen molar-refractivity contribution < 1.29 is 19.1 Å². The zero-order valence-electron chi connectivity index (χ0n) is 16.8. The molecule has 1 aliphatic heterocycles. The lowest BCUT2D eigenvalue weighted by Crippen LogP contribution is -2.54. The zero-order valence-corrected chi connectivity index (χ0v) is 20.7. The van der Waals surface area contributed by atoms with Crippen LogP contribution < -0.4 is 19.7 Å². The number of anilines is 1. The number of hydrogen-bond donors (Lipinski definition) is 1. The Morgan fingerprint density at radius 2 is 2.00 bits per heavy atom. The van der Waals surface area contributed by atoms with E-state index in [-0.39, 0.29) is 33.0 Å². The first-order chi connectivity index (χ1) is 15.3. The van der Waals surface area contributed by atoms with Gasteiger partial charge in [0.25, 0.3) is 11.8 Å². The number of carbonyl (C=O) groups is 2. The molecule has 0 atom stereocenters. The van der Waals surface area contributed by atoms with E-state index in [9.17, 15) is 9.59 Å². The molecule has 32 heavy (non-hydrogen) atoms. The number of halogens is 3. The topological polar surface area (TPSA) is 67.9 Å². The van der Waals surface area contributed by atoms with Gasteiger partial charge in [0, 0.05) is 0 Å². The van der Waals surface area contributed by atoms with Crippen molar-refractivity contribution in [2.24, 2.45) is 0 Å². The SMILES string of the molecule is C=CCOc1c(Br)cc(/C=C2\C(=O)NC(=S)N(c3cccc(Cl)c3Cl)C2=O)cc1OCC. The summed E-state index contributed by atoms with van der Waals surface area (Å²) in [6.07, 6.45) is 3.05. The van der Waals surface area contributed by atoms with Crippen molar-refractivity contribution in [2.45, 2.75) is 6.92 Å². The number of benzene rings is 2. The minimum Gasteiger partial charge on any atom is -0.490 e. The number of amides is 2. The molecule has 1 aliphatic rings. The monoisotopic (exact) mass is 554 g/mol. The summed E-state index contributed by atoms with van der Waals surface area (Å²) >= 11 is 21.0. The third-order valence-electron chi connectivity index (χ3n) is 4.26. The van der Waals surface area contributed by atoms with Crippen LogP contribution in [0, 0.1) is 0 Å². The van der Waals surface area contributed by atoms with Crippen LogP contribution in [0.4, 0.5) is 5.69 Å². The van der Waals surface area contributed by atoms with Crippen LogP contribution in [-0.2, 0) is 9.59 Å². The molecule has 0 radical (unpaired) electrons. The Morgan fingerprint density at radius 3 is 2.69 bits per heavy atom. The van der Waals surface area contributed by atoms with Gasteiger partial charge in [-0.05, 0) is 71.0 Å². The largest absolute Gasteiger partial charge is 0.490 e. The maximum absolute atomic E-state index is 13.2. The third kappa shape index (κ3) is 4.99. The molecule has 0 unspecified atom stereocenters. The molecule has 0 bridgehead atoms. The van der Waals surface area contributed by atoms with Crippen molar-refractivity contribution in [3.63, 3.8) is 0 Å². The van der Waals surface area contributed by atoms with E-state index in [0.29, 0.717) is 28.1 Å². The first-order valence-electron chi connectivity index (χ1n) is 9.34. The van der Waals surface area contributed by atoms with Gasteiger partial charge in [0.05, 0.1) is 26.8 Å². The lowest BCUT2D eigenvalue weighted by molar-refractivity contribution is -0.122. The molecule has 0 saturated carbocycles. The Balaban J connectivity index is 2.06. The molecule has 0 spiro atoms. The van der Waals surface area contributed by atoms with Crippen molar-refractivity contribution in [1.29, 1.82) is 0 Å². The van der Waals surface area contributed by atoms with Gasteiger partial charge in [0.2, 0.25) is 0 Å². The number of hydrogen-bond acceptors (Lipinski definition) is 5. The standard InChI is InChI=1S/C22H17BrCl2N2O4S/c1-3-8-31-19-14(23)10-12(11-17(19)30-4-2)9-13-20(28)26-22(32)27(21(13)29)16-7-5-6-15(24)18(16)25/h3,5-7,9-11H,1,4,8H2,2H3,(H,26,28,32)/b13-9+. The predicted octanol–water partition coefficient (Wildman–Crippen LogP) is 5.55. The summed E-state index contributed by atoms with van der Waals surface area (Å²) in [4.78, 5) is 27.0. The number of ether oxygens (including phenoxy) is 2. The lowest BCUT2D eigenvalue weighted by Gasteiger charge is -2.29. The number of nitrogens with zero attached hydrogens (tertiary/aromatic N) is 1. The van der Waals surface area contributed by atoms with Gasteiger partial charge in [-0.15, -0.1) is 0 Å². The van der Waals surface area contributed by atoms with E-state index < -0.39 is 11.8 Å². The van der Waals surface area contributed by atoms with Crippen molar-refractivity contribution in [2.75, 3.05) is 18.1 Å². The Bertz CT molecular complexity index is 1150. The number of thiocarbonyl (C=S) groups is 1. The van der Waals surface area contributed by atoms with Crippen molar-refractivity contribution in [1.82, 2.24) is 5.32 Å². The van der Waals surface area contributed by atoms with Gasteiger partial charge < -0.3 is 9.47 Å². The highest BCUT2D eigenvalue weighted by molar-refractivity contribution is 9.10. The van der Waals surface area contributed by atoms with E-state index in [4.69, 9.17) is 44.9 Å². The van der Waals surface area contributed by atoms with E-state index in [1.54, 1.807) is 36.4 Å². The second-order valence-corrected chi connectivity index (χ2v) is 8.42. The van der Waals surface area contributed by atoms with Gasteiger partial charge in [-0.3, -0.25) is 19.8 Å². The highest BCUT2D eigenvalue weighted by atomic mass is 79.9. The second kappa shape index (κ2) is 10.5. The number of nitrogens with one attached hydrogen (secondary N) is 1. The molecule has 6 nitrogen and oxygen atoms in total. The third-order valence-corrected chi connectivity index (χ3v) is 5.94. The summed E-state index contributed by atoms with van der Waals surface area (Å²) in [6.45, 7) is 6.15. The molecule has 0 aromatic heterocycles. The Kier molecular flexibility index (Phi) is 7.95. The Hall–Kier alpha value is -2.39. The van der Waals surface area contributed by atoms with Crippen molar-refractivity contribution in [3.8, 4) is 11.5 Å². The summed E-state index contributed by atoms with van der Waals surface area (Å²) < 4.78 is 11.9. The molecule has 166 valence electrons. The lowest BCUT2D eigenvalue weighted by atomic mass is 10.1. The smallest absolute Gasteiger partial charge is 0.270 e. The average molecular weight is 556 g/mol. The normalized spacial score (nSPS) is 15.1. The van der Waals surface area contributed by atoms with Gasteiger partial charge in [0.1, 0.15) is 12.2 Å². The van der Waals surface area contributed by atoms with Gasteiger partial charge in [-0.1, -0.05) is 41.9 Å².